The van der Waals surface area contributed by atoms with Crippen molar-refractivity contribution in [3.63, 3.8) is 0 Å². The molecular formula is C19H28N4O6S. The zero-order chi connectivity index (χ0) is 21.7. The van der Waals surface area contributed by atoms with Gasteiger partial charge in [0.2, 0.25) is 10.0 Å². The van der Waals surface area contributed by atoms with E-state index in [1.165, 1.54) is 17.1 Å². The highest BCUT2D eigenvalue weighted by Crippen LogP contribution is 2.29. The van der Waals surface area contributed by atoms with E-state index >= 15 is 0 Å². The monoisotopic (exact) mass is 440 g/mol. The maximum Gasteiger partial charge on any atom is 0.262 e. The number of rotatable bonds is 9. The maximum atomic E-state index is 12.5. The molecule has 0 spiro atoms. The molecule has 1 saturated heterocycles. The van der Waals surface area contributed by atoms with Gasteiger partial charge < -0.3 is 10.1 Å². The van der Waals surface area contributed by atoms with Gasteiger partial charge in [-0.05, 0) is 43.0 Å². The molecule has 0 unspecified atom stereocenters. The second-order valence-electron chi connectivity index (χ2n) is 7.68. The summed E-state index contributed by atoms with van der Waals surface area (Å²) < 4.78 is 30.3. The van der Waals surface area contributed by atoms with E-state index in [1.807, 2.05) is 0 Å². The highest BCUT2D eigenvalue weighted by molar-refractivity contribution is 7.88. The van der Waals surface area contributed by atoms with Crippen LogP contribution in [0.4, 0.5) is 0 Å². The second kappa shape index (κ2) is 9.73. The lowest BCUT2D eigenvalue weighted by molar-refractivity contribution is -0.135. The fourth-order valence-electron chi connectivity index (χ4n) is 3.30. The second-order valence-corrected chi connectivity index (χ2v) is 9.66. The van der Waals surface area contributed by atoms with Crippen molar-refractivity contribution < 1.29 is 28.0 Å². The largest absolute Gasteiger partial charge is 0.493 e. The topological polar surface area (TPSA) is 128 Å². The molecule has 2 aliphatic rings. The smallest absolute Gasteiger partial charge is 0.262 e. The van der Waals surface area contributed by atoms with Gasteiger partial charge in [0.25, 0.3) is 11.8 Å². The van der Waals surface area contributed by atoms with E-state index in [4.69, 9.17) is 9.94 Å². The number of hydroxylamine groups is 1. The van der Waals surface area contributed by atoms with E-state index in [0.717, 1.165) is 6.26 Å². The normalized spacial score (nSPS) is 19.1. The van der Waals surface area contributed by atoms with Gasteiger partial charge in [-0.1, -0.05) is 0 Å². The van der Waals surface area contributed by atoms with E-state index in [0.29, 0.717) is 36.9 Å². The summed E-state index contributed by atoms with van der Waals surface area (Å²) in [6, 6.07) is 5.97. The number of carbonyl (C=O) groups is 2. The van der Waals surface area contributed by atoms with Crippen LogP contribution in [0.1, 0.15) is 23.2 Å². The highest BCUT2D eigenvalue weighted by Gasteiger charge is 2.31. The van der Waals surface area contributed by atoms with Crippen molar-refractivity contribution in [2.75, 3.05) is 45.6 Å². The number of nitrogens with one attached hydrogen (secondary N) is 2. The molecule has 0 radical (unpaired) electrons. The summed E-state index contributed by atoms with van der Waals surface area (Å²) in [5, 5.41) is 11.8. The zero-order valence-corrected chi connectivity index (χ0v) is 17.7. The van der Waals surface area contributed by atoms with Gasteiger partial charge >= 0.3 is 0 Å². The summed E-state index contributed by atoms with van der Waals surface area (Å²) in [6.07, 6.45) is 3.54. The number of hydrogen-bond acceptors (Lipinski definition) is 7. The van der Waals surface area contributed by atoms with Crippen LogP contribution in [-0.2, 0) is 14.8 Å². The Bertz CT molecular complexity index is 848. The molecule has 10 nitrogen and oxygen atoms in total. The number of piperazine rings is 1. The van der Waals surface area contributed by atoms with Crippen molar-refractivity contribution in [3.8, 4) is 5.75 Å². The molecule has 1 atom stereocenters. The average molecular weight is 441 g/mol. The molecule has 0 aromatic heterocycles. The molecule has 11 heteroatoms. The first-order valence-corrected chi connectivity index (χ1v) is 11.8. The molecule has 30 heavy (non-hydrogen) atoms. The maximum absolute atomic E-state index is 12.5. The van der Waals surface area contributed by atoms with Crippen LogP contribution in [0.15, 0.2) is 24.3 Å². The number of ether oxygens (including phenoxy) is 1. The molecule has 3 N–H and O–H groups in total. The van der Waals surface area contributed by atoms with Gasteiger partial charge in [0.15, 0.2) is 0 Å². The molecule has 166 valence electrons. The van der Waals surface area contributed by atoms with E-state index in [1.54, 1.807) is 34.6 Å². The van der Waals surface area contributed by atoms with Crippen LogP contribution in [0.3, 0.4) is 0 Å². The third-order valence-corrected chi connectivity index (χ3v) is 6.65. The lowest BCUT2D eigenvalue weighted by Crippen LogP contribution is -2.58. The number of nitrogens with zero attached hydrogens (tertiary/aromatic N) is 2. The predicted molar refractivity (Wildman–Crippen MR) is 109 cm³/mol. The Morgan fingerprint density at radius 3 is 2.33 bits per heavy atom. The summed E-state index contributed by atoms with van der Waals surface area (Å²) in [6.45, 7) is 1.77. The lowest BCUT2D eigenvalue weighted by Gasteiger charge is -2.37. The van der Waals surface area contributed by atoms with Crippen molar-refractivity contribution in [2.24, 2.45) is 5.92 Å². The van der Waals surface area contributed by atoms with Gasteiger partial charge in [-0.2, -0.15) is 4.31 Å². The first-order valence-electron chi connectivity index (χ1n) is 9.92. The molecule has 3 rings (SSSR count). The molecule has 2 amide bonds. The van der Waals surface area contributed by atoms with Crippen LogP contribution >= 0.6 is 0 Å². The van der Waals surface area contributed by atoms with Crippen molar-refractivity contribution in [1.82, 2.24) is 20.0 Å². The molecule has 0 bridgehead atoms. The van der Waals surface area contributed by atoms with Crippen molar-refractivity contribution in [3.05, 3.63) is 29.8 Å². The number of benzene rings is 1. The van der Waals surface area contributed by atoms with Gasteiger partial charge in [-0.3, -0.25) is 19.7 Å². The molecule has 2 fully saturated rings. The van der Waals surface area contributed by atoms with Crippen molar-refractivity contribution >= 4 is 21.8 Å². The molecule has 1 aliphatic heterocycles. The third-order valence-electron chi connectivity index (χ3n) is 5.35. The zero-order valence-electron chi connectivity index (χ0n) is 16.9. The number of hydrogen-bond donors (Lipinski definition) is 3. The first kappa shape index (κ1) is 22.5. The Balaban J connectivity index is 1.53. The first-order chi connectivity index (χ1) is 14.3. The van der Waals surface area contributed by atoms with Gasteiger partial charge in [0, 0.05) is 38.3 Å². The summed E-state index contributed by atoms with van der Waals surface area (Å²) in [5.74, 6) is 0.336. The number of sulfonamides is 1. The minimum absolute atomic E-state index is 0.0238. The Hall–Kier alpha value is -2.21. The van der Waals surface area contributed by atoms with E-state index in [9.17, 15) is 18.0 Å². The van der Waals surface area contributed by atoms with Crippen LogP contribution in [0, 0.1) is 5.92 Å². The minimum atomic E-state index is -3.30. The van der Waals surface area contributed by atoms with Crippen LogP contribution < -0.4 is 15.5 Å². The Labute approximate surface area is 176 Å². The minimum Gasteiger partial charge on any atom is -0.493 e. The molecule has 1 saturated carbocycles. The van der Waals surface area contributed by atoms with Crippen LogP contribution in [0.25, 0.3) is 0 Å². The lowest BCUT2D eigenvalue weighted by atomic mass is 10.1. The van der Waals surface area contributed by atoms with Gasteiger partial charge in [-0.25, -0.2) is 13.9 Å². The van der Waals surface area contributed by atoms with Gasteiger partial charge in [0.05, 0.1) is 12.9 Å². The average Bonchev–Trinajstić information content (AvgIpc) is 3.56. The molecular weight excluding hydrogens is 412 g/mol. The number of amides is 2. The van der Waals surface area contributed by atoms with Crippen molar-refractivity contribution in [2.45, 2.75) is 18.9 Å². The van der Waals surface area contributed by atoms with E-state index < -0.39 is 22.0 Å². The third kappa shape index (κ3) is 6.14. The Morgan fingerprint density at radius 2 is 1.80 bits per heavy atom. The summed E-state index contributed by atoms with van der Waals surface area (Å²) in [4.78, 5) is 26.3. The SMILES string of the molecule is CS(=O)(=O)N1CCN([C@@H](CNC(=O)c2ccc(OCC3CC3)cc2)C(=O)NO)CC1. The van der Waals surface area contributed by atoms with Gasteiger partial charge in [-0.15, -0.1) is 0 Å². The van der Waals surface area contributed by atoms with E-state index in [2.05, 4.69) is 5.32 Å². The molecule has 1 aromatic carbocycles. The summed E-state index contributed by atoms with van der Waals surface area (Å²) in [5.41, 5.74) is 2.05. The predicted octanol–water partition coefficient (Wildman–Crippen LogP) is -0.344. The fourth-order valence-corrected chi connectivity index (χ4v) is 4.13. The molecule has 1 aliphatic carbocycles. The quantitative estimate of drug-likeness (QED) is 0.354. The highest BCUT2D eigenvalue weighted by atomic mass is 32.2. The number of carbonyl (C=O) groups excluding carboxylic acids is 2. The van der Waals surface area contributed by atoms with E-state index in [-0.39, 0.29) is 25.5 Å². The molecule has 1 aromatic rings. The molecule has 1 heterocycles. The standard InChI is InChI=1S/C19H28N4O6S/c1-30(27,28)23-10-8-22(9-11-23)17(19(25)21-26)12-20-18(24)15-4-6-16(7-5-15)29-13-14-2-3-14/h4-7,14,17,26H,2-3,8-13H2,1H3,(H,20,24)(H,21,25)/t17-/m0/s1. The Morgan fingerprint density at radius 1 is 1.17 bits per heavy atom. The van der Waals surface area contributed by atoms with Crippen LogP contribution in [0.5, 0.6) is 5.75 Å². The van der Waals surface area contributed by atoms with Crippen LogP contribution in [0.2, 0.25) is 0 Å². The Kier molecular flexibility index (Phi) is 7.29. The van der Waals surface area contributed by atoms with Gasteiger partial charge in [0.1, 0.15) is 11.8 Å². The fraction of sp³-hybridized carbons (Fsp3) is 0.579. The summed E-state index contributed by atoms with van der Waals surface area (Å²) >= 11 is 0. The van der Waals surface area contributed by atoms with Crippen LogP contribution in [-0.4, -0.2) is 86.3 Å². The van der Waals surface area contributed by atoms with Crippen molar-refractivity contribution in [1.29, 1.82) is 0 Å². The summed E-state index contributed by atoms with van der Waals surface area (Å²) in [7, 11) is -3.30.